The molecule has 0 bridgehead atoms. The third-order valence-corrected chi connectivity index (χ3v) is 3.38. The van der Waals surface area contributed by atoms with Crippen molar-refractivity contribution >= 4 is 11.9 Å². The molecular formula is C18H16FN3O3. The predicted octanol–water partition coefficient (Wildman–Crippen LogP) is 3.45. The molecule has 7 heteroatoms. The van der Waals surface area contributed by atoms with Gasteiger partial charge in [0.05, 0.1) is 13.0 Å². The van der Waals surface area contributed by atoms with Crippen LogP contribution in [-0.4, -0.2) is 22.7 Å². The van der Waals surface area contributed by atoms with Crippen molar-refractivity contribution in [1.29, 1.82) is 0 Å². The number of ether oxygens (including phenoxy) is 1. The molecule has 0 fully saturated rings. The molecule has 1 N–H and O–H groups in total. The van der Waals surface area contributed by atoms with Crippen molar-refractivity contribution in [3.8, 4) is 5.75 Å². The second kappa shape index (κ2) is 7.57. The molecule has 3 aromatic rings. The molecule has 0 spiro atoms. The fourth-order valence-electron chi connectivity index (χ4n) is 2.19. The smallest absolute Gasteiger partial charge is 0.322 e. The van der Waals surface area contributed by atoms with E-state index in [1.165, 1.54) is 12.1 Å². The summed E-state index contributed by atoms with van der Waals surface area (Å²) in [6.07, 6.45) is 0.353. The summed E-state index contributed by atoms with van der Waals surface area (Å²) in [5, 5.41) is 10.2. The maximum Gasteiger partial charge on any atom is 0.322 e. The van der Waals surface area contributed by atoms with E-state index in [9.17, 15) is 9.18 Å². The van der Waals surface area contributed by atoms with Crippen molar-refractivity contribution in [2.75, 3.05) is 11.9 Å². The van der Waals surface area contributed by atoms with Gasteiger partial charge in [0, 0.05) is 5.56 Å². The first-order chi connectivity index (χ1) is 12.1. The number of halogens is 1. The zero-order valence-electron chi connectivity index (χ0n) is 13.5. The zero-order valence-corrected chi connectivity index (χ0v) is 13.5. The molecule has 128 valence electrons. The fraction of sp³-hybridized carbons (Fsp3) is 0.167. The zero-order chi connectivity index (χ0) is 17.6. The monoisotopic (exact) mass is 341 g/mol. The number of carbonyl (C=O) groups is 1. The number of amides is 1. The standard InChI is InChI=1S/C18H16FN3O3/c1-2-24-15-9-5-13(6-10-15)17(23)20-18-22-21-16(25-18)11-12-3-7-14(19)8-4-12/h3-10H,2,11H2,1H3,(H,20,22,23). The van der Waals surface area contributed by atoms with E-state index in [2.05, 4.69) is 15.5 Å². The van der Waals surface area contributed by atoms with E-state index >= 15 is 0 Å². The molecule has 0 saturated heterocycles. The molecule has 0 atom stereocenters. The summed E-state index contributed by atoms with van der Waals surface area (Å²) in [6.45, 7) is 2.45. The Bertz CT molecular complexity index is 845. The van der Waals surface area contributed by atoms with Gasteiger partial charge in [-0.15, -0.1) is 5.10 Å². The van der Waals surface area contributed by atoms with Crippen molar-refractivity contribution in [2.45, 2.75) is 13.3 Å². The minimum absolute atomic E-state index is 0.0102. The molecule has 0 aliphatic carbocycles. The van der Waals surface area contributed by atoms with Crippen LogP contribution in [0, 0.1) is 5.82 Å². The van der Waals surface area contributed by atoms with Gasteiger partial charge in [0.15, 0.2) is 0 Å². The first-order valence-electron chi connectivity index (χ1n) is 7.75. The lowest BCUT2D eigenvalue weighted by Gasteiger charge is -2.04. The number of carbonyl (C=O) groups excluding carboxylic acids is 1. The van der Waals surface area contributed by atoms with Gasteiger partial charge in [-0.3, -0.25) is 10.1 Å². The number of benzene rings is 2. The van der Waals surface area contributed by atoms with Gasteiger partial charge in [-0.1, -0.05) is 17.2 Å². The Morgan fingerprint density at radius 2 is 1.84 bits per heavy atom. The third-order valence-electron chi connectivity index (χ3n) is 3.38. The summed E-state index contributed by atoms with van der Waals surface area (Å²) in [6, 6.07) is 12.7. The van der Waals surface area contributed by atoms with E-state index < -0.39 is 0 Å². The van der Waals surface area contributed by atoms with E-state index in [0.717, 1.165) is 5.56 Å². The highest BCUT2D eigenvalue weighted by atomic mass is 19.1. The molecule has 25 heavy (non-hydrogen) atoms. The van der Waals surface area contributed by atoms with E-state index in [0.29, 0.717) is 30.2 Å². The number of hydrogen-bond donors (Lipinski definition) is 1. The number of aromatic nitrogens is 2. The van der Waals surface area contributed by atoms with Crippen molar-refractivity contribution in [3.05, 3.63) is 71.4 Å². The van der Waals surface area contributed by atoms with E-state index in [1.807, 2.05) is 6.92 Å². The van der Waals surface area contributed by atoms with Crippen LogP contribution in [0.4, 0.5) is 10.4 Å². The summed E-state index contributed by atoms with van der Waals surface area (Å²) in [5.41, 5.74) is 1.27. The Morgan fingerprint density at radius 3 is 2.52 bits per heavy atom. The molecule has 0 aliphatic heterocycles. The predicted molar refractivity (Wildman–Crippen MR) is 89.1 cm³/mol. The quantitative estimate of drug-likeness (QED) is 0.743. The molecule has 0 saturated carbocycles. The van der Waals surface area contributed by atoms with Crippen molar-refractivity contribution in [2.24, 2.45) is 0 Å². The normalized spacial score (nSPS) is 10.5. The average molecular weight is 341 g/mol. The van der Waals surface area contributed by atoms with E-state index in [1.54, 1.807) is 36.4 Å². The van der Waals surface area contributed by atoms with Crippen molar-refractivity contribution < 1.29 is 18.3 Å². The number of nitrogens with one attached hydrogen (secondary N) is 1. The van der Waals surface area contributed by atoms with Gasteiger partial charge in [0.1, 0.15) is 11.6 Å². The Morgan fingerprint density at radius 1 is 1.12 bits per heavy atom. The first-order valence-corrected chi connectivity index (χ1v) is 7.75. The Labute approximate surface area is 143 Å². The molecule has 0 unspecified atom stereocenters. The van der Waals surface area contributed by atoms with Gasteiger partial charge in [-0.2, -0.15) is 0 Å². The van der Waals surface area contributed by atoms with Crippen LogP contribution in [0.2, 0.25) is 0 Å². The molecule has 3 rings (SSSR count). The van der Waals surface area contributed by atoms with Crippen LogP contribution in [0.15, 0.2) is 52.9 Å². The molecule has 1 heterocycles. The van der Waals surface area contributed by atoms with Crippen LogP contribution in [-0.2, 0) is 6.42 Å². The molecular weight excluding hydrogens is 325 g/mol. The van der Waals surface area contributed by atoms with E-state index in [4.69, 9.17) is 9.15 Å². The van der Waals surface area contributed by atoms with Gasteiger partial charge >= 0.3 is 6.01 Å². The molecule has 2 aromatic carbocycles. The van der Waals surface area contributed by atoms with Crippen LogP contribution in [0.1, 0.15) is 28.7 Å². The van der Waals surface area contributed by atoms with Gasteiger partial charge in [-0.05, 0) is 48.9 Å². The molecule has 6 nitrogen and oxygen atoms in total. The van der Waals surface area contributed by atoms with Gasteiger partial charge in [-0.25, -0.2) is 4.39 Å². The van der Waals surface area contributed by atoms with Crippen LogP contribution in [0.25, 0.3) is 0 Å². The fourth-order valence-corrected chi connectivity index (χ4v) is 2.19. The van der Waals surface area contributed by atoms with Gasteiger partial charge < -0.3 is 9.15 Å². The number of hydrogen-bond acceptors (Lipinski definition) is 5. The van der Waals surface area contributed by atoms with Crippen molar-refractivity contribution in [3.63, 3.8) is 0 Å². The second-order valence-corrected chi connectivity index (χ2v) is 5.22. The average Bonchev–Trinajstić information content (AvgIpc) is 3.05. The van der Waals surface area contributed by atoms with E-state index in [-0.39, 0.29) is 17.7 Å². The SMILES string of the molecule is CCOc1ccc(C(=O)Nc2nnc(Cc3ccc(F)cc3)o2)cc1. The highest BCUT2D eigenvalue weighted by molar-refractivity contribution is 6.03. The third kappa shape index (κ3) is 4.41. The minimum atomic E-state index is -0.361. The lowest BCUT2D eigenvalue weighted by molar-refractivity contribution is 0.102. The largest absolute Gasteiger partial charge is 0.494 e. The van der Waals surface area contributed by atoms with Gasteiger partial charge in [0.2, 0.25) is 5.89 Å². The maximum absolute atomic E-state index is 12.9. The summed E-state index contributed by atoms with van der Waals surface area (Å²) < 4.78 is 23.6. The van der Waals surface area contributed by atoms with Gasteiger partial charge in [0.25, 0.3) is 5.91 Å². The number of anilines is 1. The minimum Gasteiger partial charge on any atom is -0.494 e. The van der Waals surface area contributed by atoms with Crippen LogP contribution >= 0.6 is 0 Å². The summed E-state index contributed by atoms with van der Waals surface area (Å²) in [7, 11) is 0. The first kappa shape index (κ1) is 16.6. The Hall–Kier alpha value is -3.22. The lowest BCUT2D eigenvalue weighted by atomic mass is 10.1. The highest BCUT2D eigenvalue weighted by Gasteiger charge is 2.12. The Kier molecular flexibility index (Phi) is 5.03. The summed E-state index contributed by atoms with van der Waals surface area (Å²) >= 11 is 0. The summed E-state index contributed by atoms with van der Waals surface area (Å²) in [4.78, 5) is 12.2. The Balaban J connectivity index is 1.62. The lowest BCUT2D eigenvalue weighted by Crippen LogP contribution is -2.12. The molecule has 0 aliphatic rings. The highest BCUT2D eigenvalue weighted by Crippen LogP contribution is 2.15. The molecule has 0 radical (unpaired) electrons. The topological polar surface area (TPSA) is 77.2 Å². The van der Waals surface area contributed by atoms with Crippen molar-refractivity contribution in [1.82, 2.24) is 10.2 Å². The van der Waals surface area contributed by atoms with Crippen LogP contribution in [0.3, 0.4) is 0 Å². The molecule has 1 aromatic heterocycles. The van der Waals surface area contributed by atoms with Crippen LogP contribution in [0.5, 0.6) is 5.75 Å². The number of nitrogens with zero attached hydrogens (tertiary/aromatic N) is 2. The maximum atomic E-state index is 12.9. The molecule has 1 amide bonds. The number of rotatable bonds is 6. The van der Waals surface area contributed by atoms with Crippen LogP contribution < -0.4 is 10.1 Å². The summed E-state index contributed by atoms with van der Waals surface area (Å²) in [5.74, 6) is 0.352. The second-order valence-electron chi connectivity index (χ2n) is 5.22.